The molecule has 0 aromatic heterocycles. The molecule has 7 nitrogen and oxygen atoms in total. The molecule has 1 aromatic carbocycles. The molecule has 0 aliphatic carbocycles. The van der Waals surface area contributed by atoms with E-state index in [0.29, 0.717) is 0 Å². The first-order chi connectivity index (χ1) is 9.19. The molecule has 0 aliphatic heterocycles. The van der Waals surface area contributed by atoms with E-state index in [9.17, 15) is 13.2 Å². The van der Waals surface area contributed by atoms with E-state index in [4.69, 9.17) is 9.84 Å². The molecule has 1 aromatic rings. The van der Waals surface area contributed by atoms with Gasteiger partial charge in [-0.25, -0.2) is 4.79 Å². The number of methoxy groups -OCH3 is 1. The van der Waals surface area contributed by atoms with Gasteiger partial charge < -0.3 is 9.84 Å². The van der Waals surface area contributed by atoms with E-state index in [-0.39, 0.29) is 23.0 Å². The zero-order valence-corrected chi connectivity index (χ0v) is 12.6. The Morgan fingerprint density at radius 3 is 2.45 bits per heavy atom. The number of aromatic carboxylic acids is 1. The lowest BCUT2D eigenvalue weighted by atomic mass is 10.2. The maximum Gasteiger partial charge on any atom is 0.339 e. The summed E-state index contributed by atoms with van der Waals surface area (Å²) in [6.07, 6.45) is 0. The van der Waals surface area contributed by atoms with Crippen molar-refractivity contribution in [3.8, 4) is 5.75 Å². The molecule has 0 radical (unpaired) electrons. The van der Waals surface area contributed by atoms with Gasteiger partial charge in [0.15, 0.2) is 0 Å². The molecule has 0 atom stereocenters. The van der Waals surface area contributed by atoms with Gasteiger partial charge in [0, 0.05) is 19.2 Å². The van der Waals surface area contributed by atoms with E-state index < -0.39 is 16.2 Å². The van der Waals surface area contributed by atoms with Crippen molar-refractivity contribution in [3.63, 3.8) is 0 Å². The molecule has 0 saturated carbocycles. The lowest BCUT2D eigenvalue weighted by molar-refractivity contribution is 0.0693. The van der Waals surface area contributed by atoms with Crippen LogP contribution >= 0.6 is 0 Å². The van der Waals surface area contributed by atoms with Crippen LogP contribution in [0.5, 0.6) is 5.75 Å². The molecule has 0 saturated heterocycles. The molecule has 0 fully saturated rings. The van der Waals surface area contributed by atoms with E-state index in [2.05, 4.69) is 4.72 Å². The van der Waals surface area contributed by atoms with Crippen molar-refractivity contribution in [1.29, 1.82) is 0 Å². The Labute approximate surface area is 118 Å². The Bertz CT molecular complexity index is 598. The molecule has 1 rings (SSSR count). The molecule has 0 aliphatic rings. The van der Waals surface area contributed by atoms with Crippen LogP contribution in [0.3, 0.4) is 0 Å². The second kappa shape index (κ2) is 6.10. The maximum atomic E-state index is 12.0. The number of nitrogens with one attached hydrogen (secondary N) is 1. The number of hydrogen-bond acceptors (Lipinski definition) is 4. The zero-order valence-electron chi connectivity index (χ0n) is 11.7. The Balaban J connectivity index is 3.08. The minimum absolute atomic E-state index is 0.0346. The van der Waals surface area contributed by atoms with Gasteiger partial charge in [0.2, 0.25) is 0 Å². The predicted octanol–water partition coefficient (Wildman–Crippen LogP) is 1.39. The molecular weight excluding hydrogens is 284 g/mol. The van der Waals surface area contributed by atoms with Gasteiger partial charge in [0.25, 0.3) is 0 Å². The fraction of sp³-hybridized carbons (Fsp3) is 0.417. The zero-order chi connectivity index (χ0) is 15.5. The molecular formula is C12H18N2O5S. The van der Waals surface area contributed by atoms with Gasteiger partial charge in [-0.05, 0) is 26.0 Å². The fourth-order valence-corrected chi connectivity index (χ4v) is 2.55. The van der Waals surface area contributed by atoms with Crippen LogP contribution in [0.15, 0.2) is 18.2 Å². The fourth-order valence-electron chi connectivity index (χ4n) is 1.43. The van der Waals surface area contributed by atoms with Crippen LogP contribution in [0, 0.1) is 0 Å². The van der Waals surface area contributed by atoms with Gasteiger partial charge in [0.1, 0.15) is 11.3 Å². The van der Waals surface area contributed by atoms with Crippen LogP contribution in [-0.4, -0.2) is 44.0 Å². The van der Waals surface area contributed by atoms with Crippen LogP contribution < -0.4 is 9.46 Å². The SMILES string of the molecule is COc1cc(NS(=O)(=O)N(C)C(C)C)ccc1C(=O)O. The minimum atomic E-state index is -3.69. The number of rotatable bonds is 6. The summed E-state index contributed by atoms with van der Waals surface area (Å²) in [7, 11) is -0.916. The Hall–Kier alpha value is -1.80. The number of nitrogens with zero attached hydrogens (tertiary/aromatic N) is 1. The van der Waals surface area contributed by atoms with Gasteiger partial charge in [0.05, 0.1) is 12.8 Å². The summed E-state index contributed by atoms with van der Waals surface area (Å²) in [5.41, 5.74) is 0.201. The first kappa shape index (κ1) is 16.3. The largest absolute Gasteiger partial charge is 0.496 e. The van der Waals surface area contributed by atoms with Gasteiger partial charge in [-0.3, -0.25) is 4.72 Å². The Morgan fingerprint density at radius 2 is 2.00 bits per heavy atom. The second-order valence-corrected chi connectivity index (χ2v) is 6.17. The van der Waals surface area contributed by atoms with Gasteiger partial charge in [-0.15, -0.1) is 0 Å². The molecule has 0 spiro atoms. The first-order valence-electron chi connectivity index (χ1n) is 5.86. The van der Waals surface area contributed by atoms with Crippen molar-refractivity contribution in [1.82, 2.24) is 4.31 Å². The van der Waals surface area contributed by atoms with E-state index >= 15 is 0 Å². The molecule has 8 heteroatoms. The normalized spacial score (nSPS) is 11.7. The number of ether oxygens (including phenoxy) is 1. The van der Waals surface area contributed by atoms with Crippen molar-refractivity contribution in [3.05, 3.63) is 23.8 Å². The number of carbonyl (C=O) groups is 1. The van der Waals surface area contributed by atoms with Crippen LogP contribution in [-0.2, 0) is 10.2 Å². The summed E-state index contributed by atoms with van der Waals surface area (Å²) in [6.45, 7) is 3.49. The monoisotopic (exact) mass is 302 g/mol. The van der Waals surface area contributed by atoms with E-state index in [1.54, 1.807) is 13.8 Å². The number of anilines is 1. The van der Waals surface area contributed by atoms with E-state index in [1.165, 1.54) is 36.7 Å². The summed E-state index contributed by atoms with van der Waals surface area (Å²) < 4.78 is 32.5. The summed E-state index contributed by atoms with van der Waals surface area (Å²) in [5, 5.41) is 8.95. The Kier molecular flexibility index (Phi) is 4.96. The highest BCUT2D eigenvalue weighted by Gasteiger charge is 2.21. The highest BCUT2D eigenvalue weighted by atomic mass is 32.2. The number of carboxylic acids is 1. The van der Waals surface area contributed by atoms with Gasteiger partial charge in [-0.1, -0.05) is 0 Å². The van der Waals surface area contributed by atoms with Crippen molar-refractivity contribution in [2.45, 2.75) is 19.9 Å². The smallest absolute Gasteiger partial charge is 0.339 e. The van der Waals surface area contributed by atoms with Crippen molar-refractivity contribution < 1.29 is 23.1 Å². The van der Waals surface area contributed by atoms with Crippen LogP contribution in [0.25, 0.3) is 0 Å². The highest BCUT2D eigenvalue weighted by Crippen LogP contribution is 2.24. The predicted molar refractivity (Wildman–Crippen MR) is 75.4 cm³/mol. The molecule has 0 heterocycles. The average Bonchev–Trinajstić information content (AvgIpc) is 2.36. The van der Waals surface area contributed by atoms with Crippen molar-refractivity contribution in [2.75, 3.05) is 18.9 Å². The summed E-state index contributed by atoms with van der Waals surface area (Å²) in [4.78, 5) is 10.9. The highest BCUT2D eigenvalue weighted by molar-refractivity contribution is 7.90. The Morgan fingerprint density at radius 1 is 1.40 bits per heavy atom. The summed E-state index contributed by atoms with van der Waals surface area (Å²) >= 11 is 0. The first-order valence-corrected chi connectivity index (χ1v) is 7.30. The second-order valence-electron chi connectivity index (χ2n) is 4.44. The van der Waals surface area contributed by atoms with Crippen LogP contribution in [0.2, 0.25) is 0 Å². The lowest BCUT2D eigenvalue weighted by Crippen LogP contribution is -2.37. The third-order valence-electron chi connectivity index (χ3n) is 2.79. The summed E-state index contributed by atoms with van der Waals surface area (Å²) in [5.74, 6) is -1.06. The summed E-state index contributed by atoms with van der Waals surface area (Å²) in [6, 6.07) is 3.79. The quantitative estimate of drug-likeness (QED) is 0.828. The molecule has 0 bridgehead atoms. The number of carboxylic acid groups (broad SMARTS) is 1. The molecule has 2 N–H and O–H groups in total. The third kappa shape index (κ3) is 3.61. The molecule has 0 unspecified atom stereocenters. The van der Waals surface area contributed by atoms with E-state index in [1.807, 2.05) is 0 Å². The molecule has 112 valence electrons. The average molecular weight is 302 g/mol. The maximum absolute atomic E-state index is 12.0. The molecule has 0 amide bonds. The van der Waals surface area contributed by atoms with Crippen LogP contribution in [0.4, 0.5) is 5.69 Å². The number of benzene rings is 1. The standard InChI is InChI=1S/C12H18N2O5S/c1-8(2)14(3)20(17,18)13-9-5-6-10(12(15)16)11(7-9)19-4/h5-8,13H,1-4H3,(H,15,16). The van der Waals surface area contributed by atoms with Crippen LogP contribution in [0.1, 0.15) is 24.2 Å². The minimum Gasteiger partial charge on any atom is -0.496 e. The third-order valence-corrected chi connectivity index (χ3v) is 4.46. The van der Waals surface area contributed by atoms with E-state index in [0.717, 1.165) is 0 Å². The van der Waals surface area contributed by atoms with Gasteiger partial charge >= 0.3 is 16.2 Å². The topological polar surface area (TPSA) is 95.9 Å². The molecule has 20 heavy (non-hydrogen) atoms. The lowest BCUT2D eigenvalue weighted by Gasteiger charge is -2.22. The van der Waals surface area contributed by atoms with Crippen molar-refractivity contribution in [2.24, 2.45) is 0 Å². The van der Waals surface area contributed by atoms with Crippen molar-refractivity contribution >= 4 is 21.9 Å². The number of hydrogen-bond donors (Lipinski definition) is 2. The van der Waals surface area contributed by atoms with Gasteiger partial charge in [-0.2, -0.15) is 12.7 Å².